The quantitative estimate of drug-likeness (QED) is 0.362. The summed E-state index contributed by atoms with van der Waals surface area (Å²) in [6.45, 7) is 4.43. The predicted molar refractivity (Wildman–Crippen MR) is 106 cm³/mol. The highest BCUT2D eigenvalue weighted by molar-refractivity contribution is 5.95. The minimum absolute atomic E-state index is 0.0719. The van der Waals surface area contributed by atoms with Crippen molar-refractivity contribution in [1.29, 1.82) is 0 Å². The first-order valence-corrected chi connectivity index (χ1v) is 10.2. The van der Waals surface area contributed by atoms with Gasteiger partial charge >= 0.3 is 5.97 Å². The molecule has 4 unspecified atom stereocenters. The molecule has 0 radical (unpaired) electrons. The van der Waals surface area contributed by atoms with E-state index in [-0.39, 0.29) is 17.7 Å². The number of nitrogens with two attached hydrogens (primary N) is 2. The Labute approximate surface area is 175 Å². The summed E-state index contributed by atoms with van der Waals surface area (Å²) < 4.78 is 0. The highest BCUT2D eigenvalue weighted by atomic mass is 16.4. The first-order chi connectivity index (χ1) is 14.0. The van der Waals surface area contributed by atoms with E-state index in [1.54, 1.807) is 0 Å². The fourth-order valence-corrected chi connectivity index (χ4v) is 3.93. The van der Waals surface area contributed by atoms with E-state index in [9.17, 15) is 29.1 Å². The number of aliphatic carboxylic acids is 1. The van der Waals surface area contributed by atoms with E-state index in [0.717, 1.165) is 0 Å². The van der Waals surface area contributed by atoms with E-state index >= 15 is 0 Å². The van der Waals surface area contributed by atoms with Crippen molar-refractivity contribution in [3.8, 4) is 0 Å². The molecule has 0 spiro atoms. The average molecular weight is 425 g/mol. The molecule has 168 valence electrons. The van der Waals surface area contributed by atoms with Gasteiger partial charge in [0.1, 0.15) is 18.1 Å². The molecule has 6 N–H and O–H groups in total. The largest absolute Gasteiger partial charge is 0.480 e. The molecule has 11 heteroatoms. The van der Waals surface area contributed by atoms with E-state index in [2.05, 4.69) is 5.32 Å². The number of carboxylic acid groups (broad SMARTS) is 1. The summed E-state index contributed by atoms with van der Waals surface area (Å²) in [6.07, 6.45) is 1.55. The number of amides is 4. The van der Waals surface area contributed by atoms with Crippen molar-refractivity contribution in [3.63, 3.8) is 0 Å². The summed E-state index contributed by atoms with van der Waals surface area (Å²) in [5, 5.41) is 11.5. The summed E-state index contributed by atoms with van der Waals surface area (Å²) in [5.74, 6) is -3.58. The maximum absolute atomic E-state index is 13.2. The molecule has 2 heterocycles. The molecular formula is C19H31N5O6. The summed E-state index contributed by atoms with van der Waals surface area (Å²) >= 11 is 0. The lowest BCUT2D eigenvalue weighted by molar-refractivity contribution is -0.148. The number of hydrogen-bond acceptors (Lipinski definition) is 6. The molecule has 0 aromatic rings. The first-order valence-electron chi connectivity index (χ1n) is 10.2. The van der Waals surface area contributed by atoms with Crippen molar-refractivity contribution in [2.45, 2.75) is 70.1 Å². The van der Waals surface area contributed by atoms with Crippen LogP contribution in [0.25, 0.3) is 0 Å². The Balaban J connectivity index is 2.11. The molecule has 4 amide bonds. The number of hydrogen-bond donors (Lipinski definition) is 4. The lowest BCUT2D eigenvalue weighted by Gasteiger charge is -2.33. The van der Waals surface area contributed by atoms with Crippen molar-refractivity contribution in [2.75, 3.05) is 13.1 Å². The van der Waals surface area contributed by atoms with Crippen molar-refractivity contribution in [1.82, 2.24) is 15.1 Å². The minimum atomic E-state index is -1.46. The van der Waals surface area contributed by atoms with Crippen LogP contribution in [0.3, 0.4) is 0 Å². The Hall–Kier alpha value is -2.69. The van der Waals surface area contributed by atoms with Gasteiger partial charge in [-0.05, 0) is 31.6 Å². The highest BCUT2D eigenvalue weighted by Crippen LogP contribution is 2.26. The molecule has 11 nitrogen and oxygen atoms in total. The molecule has 2 aliphatic rings. The normalized spacial score (nSPS) is 23.3. The Morgan fingerprint density at radius 3 is 2.13 bits per heavy atom. The molecule has 4 atom stereocenters. The van der Waals surface area contributed by atoms with Crippen LogP contribution in [-0.2, 0) is 24.0 Å². The van der Waals surface area contributed by atoms with Gasteiger partial charge in [-0.25, -0.2) is 4.79 Å². The van der Waals surface area contributed by atoms with Gasteiger partial charge in [-0.2, -0.15) is 0 Å². The summed E-state index contributed by atoms with van der Waals surface area (Å²) in [4.78, 5) is 63.8. The van der Waals surface area contributed by atoms with Gasteiger partial charge in [-0.15, -0.1) is 0 Å². The third-order valence-corrected chi connectivity index (χ3v) is 5.68. The first kappa shape index (κ1) is 23.6. The minimum Gasteiger partial charge on any atom is -0.480 e. The third-order valence-electron chi connectivity index (χ3n) is 5.68. The van der Waals surface area contributed by atoms with E-state index in [0.29, 0.717) is 38.8 Å². The summed E-state index contributed by atoms with van der Waals surface area (Å²) in [7, 11) is 0. The second-order valence-electron chi connectivity index (χ2n) is 8.22. The third kappa shape index (κ3) is 5.26. The smallest absolute Gasteiger partial charge is 0.326 e. The average Bonchev–Trinajstić information content (AvgIpc) is 3.34. The summed E-state index contributed by atoms with van der Waals surface area (Å²) in [6, 6.07) is -3.71. The van der Waals surface area contributed by atoms with E-state index in [1.165, 1.54) is 9.80 Å². The van der Waals surface area contributed by atoms with E-state index < -0.39 is 48.4 Å². The van der Waals surface area contributed by atoms with Crippen molar-refractivity contribution >= 4 is 29.6 Å². The molecule has 2 aliphatic heterocycles. The molecule has 2 saturated heterocycles. The molecule has 30 heavy (non-hydrogen) atoms. The standard InChI is InChI=1S/C19H31N5O6/c1-10(2)15(21)18(28)24-8-4-6-13(24)17(27)23-7-3-5-12(23)16(26)22-11(19(29)30)9-14(20)25/h10-13,15H,3-9,21H2,1-2H3,(H2,20,25)(H,22,26)(H,29,30). The van der Waals surface area contributed by atoms with E-state index in [4.69, 9.17) is 11.5 Å². The molecule has 2 rings (SSSR count). The number of primary amides is 1. The Bertz CT molecular complexity index is 712. The fourth-order valence-electron chi connectivity index (χ4n) is 3.93. The molecular weight excluding hydrogens is 394 g/mol. The second-order valence-corrected chi connectivity index (χ2v) is 8.22. The molecule has 2 fully saturated rings. The van der Waals surface area contributed by atoms with Crippen LogP contribution in [0.15, 0.2) is 0 Å². The zero-order valence-corrected chi connectivity index (χ0v) is 17.4. The van der Waals surface area contributed by atoms with Gasteiger partial charge in [0.25, 0.3) is 0 Å². The maximum atomic E-state index is 13.2. The van der Waals surface area contributed by atoms with Gasteiger partial charge in [-0.1, -0.05) is 13.8 Å². The zero-order chi connectivity index (χ0) is 22.6. The van der Waals surface area contributed by atoms with Gasteiger partial charge < -0.3 is 31.7 Å². The van der Waals surface area contributed by atoms with Crippen LogP contribution in [0.4, 0.5) is 0 Å². The van der Waals surface area contributed by atoms with Crippen LogP contribution >= 0.6 is 0 Å². The number of nitrogens with zero attached hydrogens (tertiary/aromatic N) is 2. The maximum Gasteiger partial charge on any atom is 0.326 e. The van der Waals surface area contributed by atoms with Gasteiger partial charge in [0.15, 0.2) is 0 Å². The van der Waals surface area contributed by atoms with Crippen LogP contribution in [0.1, 0.15) is 46.0 Å². The van der Waals surface area contributed by atoms with Crippen LogP contribution in [0.5, 0.6) is 0 Å². The number of rotatable bonds is 8. The van der Waals surface area contributed by atoms with Gasteiger partial charge in [0, 0.05) is 13.1 Å². The molecule has 0 aromatic heterocycles. The van der Waals surface area contributed by atoms with Crippen LogP contribution in [0, 0.1) is 5.92 Å². The lowest BCUT2D eigenvalue weighted by atomic mass is 10.0. The van der Waals surface area contributed by atoms with Crippen LogP contribution in [-0.4, -0.2) is 81.8 Å². The molecule has 0 aromatic carbocycles. The van der Waals surface area contributed by atoms with Crippen molar-refractivity contribution < 1.29 is 29.1 Å². The SMILES string of the molecule is CC(C)C(N)C(=O)N1CCCC1C(=O)N1CCCC1C(=O)NC(CC(N)=O)C(=O)O. The summed E-state index contributed by atoms with van der Waals surface area (Å²) in [5.41, 5.74) is 11.0. The van der Waals surface area contributed by atoms with E-state index in [1.807, 2.05) is 13.8 Å². The molecule has 0 aliphatic carbocycles. The van der Waals surface area contributed by atoms with Crippen LogP contribution < -0.4 is 16.8 Å². The van der Waals surface area contributed by atoms with Crippen molar-refractivity contribution in [3.05, 3.63) is 0 Å². The van der Waals surface area contributed by atoms with Crippen LogP contribution in [0.2, 0.25) is 0 Å². The Kier molecular flexibility index (Phi) is 7.77. The van der Waals surface area contributed by atoms with Gasteiger partial charge in [-0.3, -0.25) is 19.2 Å². The van der Waals surface area contributed by atoms with Crippen molar-refractivity contribution in [2.24, 2.45) is 17.4 Å². The predicted octanol–water partition coefficient (Wildman–Crippen LogP) is -1.60. The molecule has 0 saturated carbocycles. The highest BCUT2D eigenvalue weighted by Gasteiger charge is 2.43. The van der Waals surface area contributed by atoms with Gasteiger partial charge in [0.05, 0.1) is 12.5 Å². The number of nitrogens with one attached hydrogen (secondary N) is 1. The topological polar surface area (TPSA) is 176 Å². The monoisotopic (exact) mass is 425 g/mol. The second kappa shape index (κ2) is 9.88. The Morgan fingerprint density at radius 1 is 1.03 bits per heavy atom. The number of carboxylic acids is 1. The number of carbonyl (C=O) groups excluding carboxylic acids is 4. The number of likely N-dealkylation sites (tertiary alicyclic amines) is 2. The number of carbonyl (C=O) groups is 5. The molecule has 0 bridgehead atoms. The zero-order valence-electron chi connectivity index (χ0n) is 17.4. The van der Waals surface area contributed by atoms with Gasteiger partial charge in [0.2, 0.25) is 23.6 Å². The fraction of sp³-hybridized carbons (Fsp3) is 0.737. The lowest BCUT2D eigenvalue weighted by Crippen LogP contribution is -2.57. The Morgan fingerprint density at radius 2 is 1.60 bits per heavy atom.